The highest BCUT2D eigenvalue weighted by Crippen LogP contribution is 2.31. The number of ether oxygens (including phenoxy) is 1. The zero-order chi connectivity index (χ0) is 20.1. The minimum absolute atomic E-state index is 0.0248. The molecule has 1 atom stereocenters. The van der Waals surface area contributed by atoms with Crippen LogP contribution in [-0.2, 0) is 17.6 Å². The molecule has 1 heterocycles. The third-order valence-electron chi connectivity index (χ3n) is 4.82. The van der Waals surface area contributed by atoms with E-state index in [1.54, 1.807) is 0 Å². The van der Waals surface area contributed by atoms with Crippen molar-refractivity contribution >= 4 is 23.2 Å². The molecule has 1 amide bonds. The van der Waals surface area contributed by atoms with Gasteiger partial charge in [-0.05, 0) is 56.5 Å². The normalized spacial score (nSPS) is 14.9. The number of carbonyl (C=O) groups is 1. The fourth-order valence-electron chi connectivity index (χ4n) is 3.34. The van der Waals surface area contributed by atoms with Gasteiger partial charge in [0.15, 0.2) is 0 Å². The van der Waals surface area contributed by atoms with Crippen LogP contribution < -0.4 is 15.4 Å². The Morgan fingerprint density at radius 3 is 2.71 bits per heavy atom. The molecule has 1 aliphatic rings. The maximum absolute atomic E-state index is 11.5. The summed E-state index contributed by atoms with van der Waals surface area (Å²) < 4.78 is 5.84. The first-order chi connectivity index (χ1) is 13.3. The van der Waals surface area contributed by atoms with Gasteiger partial charge >= 0.3 is 0 Å². The number of benzene rings is 2. The summed E-state index contributed by atoms with van der Waals surface area (Å²) in [6.45, 7) is 4.82. The summed E-state index contributed by atoms with van der Waals surface area (Å²) in [4.78, 5) is 11.5. The summed E-state index contributed by atoms with van der Waals surface area (Å²) in [6.07, 6.45) is 1.29. The first-order valence-electron chi connectivity index (χ1n) is 9.54. The molecule has 0 aliphatic carbocycles. The zero-order valence-corrected chi connectivity index (χ0v) is 17.1. The summed E-state index contributed by atoms with van der Waals surface area (Å²) in [6, 6.07) is 13.4. The number of halogens is 1. The summed E-state index contributed by atoms with van der Waals surface area (Å²) in [5, 5.41) is 17.3. The summed E-state index contributed by atoms with van der Waals surface area (Å²) in [5.74, 6) is 0.744. The molecule has 1 unspecified atom stereocenters. The maximum atomic E-state index is 11.5. The van der Waals surface area contributed by atoms with Crippen LogP contribution in [0.15, 0.2) is 42.5 Å². The Bertz CT molecular complexity index is 821. The second kappa shape index (κ2) is 8.95. The van der Waals surface area contributed by atoms with Crippen LogP contribution in [0, 0.1) is 0 Å². The highest BCUT2D eigenvalue weighted by molar-refractivity contribution is 6.30. The van der Waals surface area contributed by atoms with Crippen molar-refractivity contribution in [1.82, 2.24) is 5.32 Å². The molecule has 0 bridgehead atoms. The lowest BCUT2D eigenvalue weighted by molar-refractivity contribution is -0.116. The fraction of sp³-hybridized carbons (Fsp3) is 0.409. The lowest BCUT2D eigenvalue weighted by Crippen LogP contribution is -2.46. The Morgan fingerprint density at radius 2 is 1.96 bits per heavy atom. The van der Waals surface area contributed by atoms with E-state index in [-0.39, 0.29) is 18.1 Å². The van der Waals surface area contributed by atoms with Crippen molar-refractivity contribution in [3.8, 4) is 5.75 Å². The molecule has 3 N–H and O–H groups in total. The van der Waals surface area contributed by atoms with Gasteiger partial charge in [0.2, 0.25) is 5.91 Å². The molecule has 5 nitrogen and oxygen atoms in total. The summed E-state index contributed by atoms with van der Waals surface area (Å²) in [5.41, 5.74) is 2.80. The van der Waals surface area contributed by atoms with E-state index < -0.39 is 6.10 Å². The number of nitrogens with one attached hydrogen (secondary N) is 2. The molecular formula is C22H27ClN2O3. The predicted octanol–water partition coefficient (Wildman–Crippen LogP) is 3.58. The number of amides is 1. The van der Waals surface area contributed by atoms with Gasteiger partial charge in [0, 0.05) is 34.8 Å². The zero-order valence-electron chi connectivity index (χ0n) is 16.3. The van der Waals surface area contributed by atoms with Crippen molar-refractivity contribution in [2.24, 2.45) is 0 Å². The SMILES string of the molecule is CC(C)(Cc1ccc(Cl)cc1)NCC(O)COc1cccc2c1CCC(=O)N2. The lowest BCUT2D eigenvalue weighted by atomic mass is 9.95. The molecule has 0 saturated carbocycles. The summed E-state index contributed by atoms with van der Waals surface area (Å²) in [7, 11) is 0. The van der Waals surface area contributed by atoms with E-state index in [4.69, 9.17) is 16.3 Å². The van der Waals surface area contributed by atoms with E-state index >= 15 is 0 Å². The third kappa shape index (κ3) is 5.71. The molecule has 0 saturated heterocycles. The molecule has 150 valence electrons. The van der Waals surface area contributed by atoms with Crippen LogP contribution in [0.5, 0.6) is 5.75 Å². The van der Waals surface area contributed by atoms with Gasteiger partial charge in [-0.15, -0.1) is 0 Å². The minimum atomic E-state index is -0.640. The average molecular weight is 403 g/mol. The topological polar surface area (TPSA) is 70.6 Å². The van der Waals surface area contributed by atoms with Gasteiger partial charge in [0.1, 0.15) is 18.5 Å². The van der Waals surface area contributed by atoms with Crippen molar-refractivity contribution in [1.29, 1.82) is 0 Å². The van der Waals surface area contributed by atoms with Gasteiger partial charge in [-0.1, -0.05) is 29.8 Å². The number of carbonyl (C=O) groups excluding carboxylic acids is 1. The first-order valence-corrected chi connectivity index (χ1v) is 9.92. The number of anilines is 1. The first kappa shape index (κ1) is 20.6. The number of aliphatic hydroxyl groups is 1. The lowest BCUT2D eigenvalue weighted by Gasteiger charge is -2.28. The Labute approximate surface area is 171 Å². The highest BCUT2D eigenvalue weighted by Gasteiger charge is 2.21. The van der Waals surface area contributed by atoms with E-state index in [1.807, 2.05) is 42.5 Å². The number of hydrogen-bond donors (Lipinski definition) is 3. The van der Waals surface area contributed by atoms with Gasteiger partial charge in [-0.2, -0.15) is 0 Å². The molecule has 0 spiro atoms. The van der Waals surface area contributed by atoms with Gasteiger partial charge < -0.3 is 20.5 Å². The second-order valence-electron chi connectivity index (χ2n) is 7.86. The Balaban J connectivity index is 1.49. The van der Waals surface area contributed by atoms with Gasteiger partial charge in [0.05, 0.1) is 0 Å². The molecule has 1 aliphatic heterocycles. The molecule has 2 aromatic carbocycles. The maximum Gasteiger partial charge on any atom is 0.224 e. The number of fused-ring (bicyclic) bond motifs is 1. The molecule has 3 rings (SSSR count). The molecule has 2 aromatic rings. The minimum Gasteiger partial charge on any atom is -0.490 e. The molecule has 0 fully saturated rings. The fourth-order valence-corrected chi connectivity index (χ4v) is 3.47. The van der Waals surface area contributed by atoms with Crippen LogP contribution >= 0.6 is 11.6 Å². The average Bonchev–Trinajstić information content (AvgIpc) is 2.66. The quantitative estimate of drug-likeness (QED) is 0.631. The Kier molecular flexibility index (Phi) is 6.60. The third-order valence-corrected chi connectivity index (χ3v) is 5.07. The standard InChI is InChI=1S/C22H27ClN2O3/c1-22(2,12-15-6-8-16(23)9-7-15)24-13-17(26)14-28-20-5-3-4-19-18(20)10-11-21(27)25-19/h3-9,17,24,26H,10-14H2,1-2H3,(H,25,27). The number of aliphatic hydroxyl groups excluding tert-OH is 1. The van der Waals surface area contributed by atoms with E-state index in [0.717, 1.165) is 28.4 Å². The van der Waals surface area contributed by atoms with Crippen molar-refractivity contribution < 1.29 is 14.6 Å². The van der Waals surface area contributed by atoms with Crippen molar-refractivity contribution in [3.05, 3.63) is 58.6 Å². The van der Waals surface area contributed by atoms with E-state index in [9.17, 15) is 9.90 Å². The molecular weight excluding hydrogens is 376 g/mol. The molecule has 0 aromatic heterocycles. The van der Waals surface area contributed by atoms with E-state index in [1.165, 1.54) is 5.56 Å². The molecule has 0 radical (unpaired) electrons. The van der Waals surface area contributed by atoms with E-state index in [2.05, 4.69) is 24.5 Å². The van der Waals surface area contributed by atoms with Crippen LogP contribution in [0.1, 0.15) is 31.4 Å². The number of hydrogen-bond acceptors (Lipinski definition) is 4. The van der Waals surface area contributed by atoms with Gasteiger partial charge in [-0.3, -0.25) is 4.79 Å². The van der Waals surface area contributed by atoms with Crippen LogP contribution in [0.2, 0.25) is 5.02 Å². The number of rotatable bonds is 8. The monoisotopic (exact) mass is 402 g/mol. The number of β-amino-alcohol motifs (C(OH)–C–C–N with tert-alkyl or cyclic N) is 1. The predicted molar refractivity (Wildman–Crippen MR) is 112 cm³/mol. The smallest absolute Gasteiger partial charge is 0.224 e. The van der Waals surface area contributed by atoms with Crippen molar-refractivity contribution in [2.75, 3.05) is 18.5 Å². The van der Waals surface area contributed by atoms with Crippen LogP contribution in [0.4, 0.5) is 5.69 Å². The van der Waals surface area contributed by atoms with Gasteiger partial charge in [0.25, 0.3) is 0 Å². The van der Waals surface area contributed by atoms with Crippen LogP contribution in [-0.4, -0.2) is 35.8 Å². The molecule has 6 heteroatoms. The van der Waals surface area contributed by atoms with Crippen molar-refractivity contribution in [2.45, 2.75) is 44.8 Å². The largest absolute Gasteiger partial charge is 0.490 e. The van der Waals surface area contributed by atoms with Crippen molar-refractivity contribution in [3.63, 3.8) is 0 Å². The second-order valence-corrected chi connectivity index (χ2v) is 8.30. The van der Waals surface area contributed by atoms with E-state index in [0.29, 0.717) is 19.4 Å². The highest BCUT2D eigenvalue weighted by atomic mass is 35.5. The molecule has 28 heavy (non-hydrogen) atoms. The Hall–Kier alpha value is -2.08. The summed E-state index contributed by atoms with van der Waals surface area (Å²) >= 11 is 5.94. The van der Waals surface area contributed by atoms with Gasteiger partial charge in [-0.25, -0.2) is 0 Å². The van der Waals surface area contributed by atoms with Crippen LogP contribution in [0.3, 0.4) is 0 Å². The van der Waals surface area contributed by atoms with Crippen LogP contribution in [0.25, 0.3) is 0 Å². The Morgan fingerprint density at radius 1 is 1.21 bits per heavy atom.